The highest BCUT2D eigenvalue weighted by molar-refractivity contribution is 6.08. The Hall–Kier alpha value is -3.07. The summed E-state index contributed by atoms with van der Waals surface area (Å²) in [6.45, 7) is 3.96. The van der Waals surface area contributed by atoms with Crippen molar-refractivity contribution in [3.05, 3.63) is 54.1 Å². The van der Waals surface area contributed by atoms with Crippen LogP contribution in [-0.4, -0.2) is 43.3 Å². The number of carbonyl (C=O) groups excluding carboxylic acids is 1. The number of alkyl halides is 3. The van der Waals surface area contributed by atoms with E-state index >= 15 is 0 Å². The number of rotatable bonds is 7. The fourth-order valence-corrected chi connectivity index (χ4v) is 2.99. The molecular formula is C20H21F3N4O2. The fourth-order valence-electron chi connectivity index (χ4n) is 2.99. The summed E-state index contributed by atoms with van der Waals surface area (Å²) in [6, 6.07) is 12.2. The van der Waals surface area contributed by atoms with Gasteiger partial charge in [0.2, 0.25) is 0 Å². The SMILES string of the molecule is CCCN(c1ccccc1C(=O)Nc1ccc(OC(F)(F)F)cc1)N1CC=NC1. The molecule has 1 amide bonds. The maximum atomic E-state index is 12.9. The van der Waals surface area contributed by atoms with Gasteiger partial charge in [0.1, 0.15) is 12.4 Å². The van der Waals surface area contributed by atoms with Gasteiger partial charge in [0.05, 0.1) is 17.8 Å². The van der Waals surface area contributed by atoms with Crippen molar-refractivity contribution in [2.75, 3.05) is 30.1 Å². The van der Waals surface area contributed by atoms with Crippen molar-refractivity contribution in [3.63, 3.8) is 0 Å². The molecule has 0 spiro atoms. The van der Waals surface area contributed by atoms with Crippen molar-refractivity contribution in [1.29, 1.82) is 0 Å². The number of benzene rings is 2. The molecule has 1 aliphatic rings. The standard InChI is InChI=1S/C20H21F3N4O2/c1-2-12-27(26-13-11-24-14-26)18-6-4-3-5-17(18)19(28)25-15-7-9-16(10-8-15)29-20(21,22)23/h3-11H,2,12-14H2,1H3,(H,25,28). The third-order valence-corrected chi connectivity index (χ3v) is 4.22. The molecule has 0 radical (unpaired) electrons. The summed E-state index contributed by atoms with van der Waals surface area (Å²) in [5.41, 5.74) is 1.57. The molecule has 0 saturated heterocycles. The number of amides is 1. The van der Waals surface area contributed by atoms with Crippen molar-refractivity contribution < 1.29 is 22.7 Å². The summed E-state index contributed by atoms with van der Waals surface area (Å²) < 4.78 is 40.7. The van der Waals surface area contributed by atoms with Crippen LogP contribution in [0.3, 0.4) is 0 Å². The van der Waals surface area contributed by atoms with Crippen molar-refractivity contribution in [3.8, 4) is 5.75 Å². The quantitative estimate of drug-likeness (QED) is 0.744. The first-order chi connectivity index (χ1) is 13.9. The Bertz CT molecular complexity index is 861. The molecule has 1 N–H and O–H groups in total. The molecule has 154 valence electrons. The lowest BCUT2D eigenvalue weighted by Crippen LogP contribution is -2.43. The number of hydrazine groups is 1. The smallest absolute Gasteiger partial charge is 0.406 e. The topological polar surface area (TPSA) is 57.2 Å². The van der Waals surface area contributed by atoms with Crippen LogP contribution in [0.5, 0.6) is 5.75 Å². The van der Waals surface area contributed by atoms with Gasteiger partial charge < -0.3 is 15.1 Å². The van der Waals surface area contributed by atoms with Crippen LogP contribution in [0.1, 0.15) is 23.7 Å². The van der Waals surface area contributed by atoms with Gasteiger partial charge in [0.25, 0.3) is 5.91 Å². The van der Waals surface area contributed by atoms with Crippen molar-refractivity contribution in [2.24, 2.45) is 4.99 Å². The third-order valence-electron chi connectivity index (χ3n) is 4.22. The van der Waals surface area contributed by atoms with E-state index in [1.807, 2.05) is 28.4 Å². The summed E-state index contributed by atoms with van der Waals surface area (Å²) in [5.74, 6) is -0.703. The zero-order chi connectivity index (χ0) is 20.9. The first kappa shape index (κ1) is 20.7. The number of hydrogen-bond donors (Lipinski definition) is 1. The molecule has 1 heterocycles. The summed E-state index contributed by atoms with van der Waals surface area (Å²) in [5, 5.41) is 6.79. The van der Waals surface area contributed by atoms with Gasteiger partial charge in [0.15, 0.2) is 0 Å². The lowest BCUT2D eigenvalue weighted by Gasteiger charge is -2.33. The van der Waals surface area contributed by atoms with E-state index in [1.54, 1.807) is 12.1 Å². The molecule has 0 fully saturated rings. The summed E-state index contributed by atoms with van der Waals surface area (Å²) in [4.78, 5) is 17.1. The van der Waals surface area contributed by atoms with Gasteiger partial charge in [-0.05, 0) is 42.8 Å². The Kier molecular flexibility index (Phi) is 6.38. The molecule has 0 aliphatic carbocycles. The van der Waals surface area contributed by atoms with E-state index in [1.165, 1.54) is 12.1 Å². The van der Waals surface area contributed by atoms with Crippen LogP contribution >= 0.6 is 0 Å². The minimum Gasteiger partial charge on any atom is -0.406 e. The minimum absolute atomic E-state index is 0.348. The number of aliphatic imine (C=N–C) groups is 1. The normalized spacial score (nSPS) is 14.1. The van der Waals surface area contributed by atoms with Crippen molar-refractivity contribution in [2.45, 2.75) is 19.7 Å². The van der Waals surface area contributed by atoms with Gasteiger partial charge in [-0.1, -0.05) is 19.1 Å². The van der Waals surface area contributed by atoms with Crippen LogP contribution in [0.4, 0.5) is 24.5 Å². The highest BCUT2D eigenvalue weighted by atomic mass is 19.4. The number of para-hydroxylation sites is 1. The van der Waals surface area contributed by atoms with Crippen molar-refractivity contribution in [1.82, 2.24) is 5.01 Å². The van der Waals surface area contributed by atoms with Gasteiger partial charge in [-0.15, -0.1) is 13.2 Å². The molecular weight excluding hydrogens is 385 g/mol. The first-order valence-electron chi connectivity index (χ1n) is 9.14. The maximum absolute atomic E-state index is 12.9. The average molecular weight is 406 g/mol. The second-order valence-electron chi connectivity index (χ2n) is 6.36. The number of halogens is 3. The molecule has 3 rings (SSSR count). The summed E-state index contributed by atoms with van der Waals surface area (Å²) in [7, 11) is 0. The molecule has 0 bridgehead atoms. The largest absolute Gasteiger partial charge is 0.573 e. The number of nitrogens with one attached hydrogen (secondary N) is 1. The third kappa shape index (κ3) is 5.47. The van der Waals surface area contributed by atoms with E-state index < -0.39 is 6.36 Å². The summed E-state index contributed by atoms with van der Waals surface area (Å²) >= 11 is 0. The molecule has 2 aromatic carbocycles. The van der Waals surface area contributed by atoms with Crippen LogP contribution in [0.25, 0.3) is 0 Å². The van der Waals surface area contributed by atoms with Crippen LogP contribution in [0, 0.1) is 0 Å². The predicted octanol–water partition coefficient (Wildman–Crippen LogP) is 4.31. The number of carbonyl (C=O) groups is 1. The van der Waals surface area contributed by atoms with E-state index in [0.717, 1.165) is 30.8 Å². The minimum atomic E-state index is -4.76. The second-order valence-corrected chi connectivity index (χ2v) is 6.36. The molecule has 29 heavy (non-hydrogen) atoms. The molecule has 2 aromatic rings. The first-order valence-corrected chi connectivity index (χ1v) is 9.14. The fraction of sp³-hybridized carbons (Fsp3) is 0.300. The molecule has 0 saturated carbocycles. The molecule has 0 atom stereocenters. The summed E-state index contributed by atoms with van der Waals surface area (Å²) in [6.07, 6.45) is -2.05. The number of ether oxygens (including phenoxy) is 1. The van der Waals surface area contributed by atoms with E-state index in [2.05, 4.69) is 22.0 Å². The Morgan fingerprint density at radius 1 is 1.21 bits per heavy atom. The van der Waals surface area contributed by atoms with Gasteiger partial charge in [0, 0.05) is 18.4 Å². The Morgan fingerprint density at radius 2 is 1.93 bits per heavy atom. The van der Waals surface area contributed by atoms with Gasteiger partial charge in [-0.3, -0.25) is 9.79 Å². The Morgan fingerprint density at radius 3 is 2.55 bits per heavy atom. The average Bonchev–Trinajstić information content (AvgIpc) is 3.21. The van der Waals surface area contributed by atoms with Gasteiger partial charge in [-0.25, -0.2) is 0 Å². The van der Waals surface area contributed by atoms with Crippen LogP contribution < -0.4 is 15.1 Å². The van der Waals surface area contributed by atoms with Gasteiger partial charge in [-0.2, -0.15) is 5.01 Å². The lowest BCUT2D eigenvalue weighted by atomic mass is 10.1. The Labute approximate surface area is 166 Å². The van der Waals surface area contributed by atoms with E-state index in [9.17, 15) is 18.0 Å². The highest BCUT2D eigenvalue weighted by Crippen LogP contribution is 2.26. The van der Waals surface area contributed by atoms with Crippen LogP contribution in [-0.2, 0) is 0 Å². The highest BCUT2D eigenvalue weighted by Gasteiger charge is 2.31. The second kappa shape index (κ2) is 8.95. The Balaban J connectivity index is 1.77. The zero-order valence-electron chi connectivity index (χ0n) is 15.8. The van der Waals surface area contributed by atoms with Crippen LogP contribution in [0.2, 0.25) is 0 Å². The van der Waals surface area contributed by atoms with Gasteiger partial charge >= 0.3 is 6.36 Å². The van der Waals surface area contributed by atoms with Crippen LogP contribution in [0.15, 0.2) is 53.5 Å². The van der Waals surface area contributed by atoms with E-state index in [-0.39, 0.29) is 11.7 Å². The molecule has 6 nitrogen and oxygen atoms in total. The molecule has 1 aliphatic heterocycles. The van der Waals surface area contributed by atoms with E-state index in [4.69, 9.17) is 0 Å². The number of anilines is 2. The maximum Gasteiger partial charge on any atom is 0.573 e. The molecule has 0 unspecified atom stereocenters. The van der Waals surface area contributed by atoms with E-state index in [0.29, 0.717) is 24.5 Å². The zero-order valence-corrected chi connectivity index (χ0v) is 15.8. The molecule has 9 heteroatoms. The van der Waals surface area contributed by atoms with Crippen molar-refractivity contribution >= 4 is 23.5 Å². The predicted molar refractivity (Wildman–Crippen MR) is 105 cm³/mol. The molecule has 0 aromatic heterocycles. The number of nitrogens with zero attached hydrogens (tertiary/aromatic N) is 3. The lowest BCUT2D eigenvalue weighted by molar-refractivity contribution is -0.274. The monoisotopic (exact) mass is 406 g/mol. The number of hydrogen-bond acceptors (Lipinski definition) is 5.